The number of hydrogen-bond donors (Lipinski definition) is 1. The Morgan fingerprint density at radius 2 is 2.11 bits per heavy atom. The van der Waals surface area contributed by atoms with Crippen LogP contribution in [0.4, 0.5) is 5.82 Å². The molecule has 2 heterocycles. The molecule has 2 rings (SSSR count). The zero-order valence-electron chi connectivity index (χ0n) is 11.7. The molecule has 0 aromatic rings. The van der Waals surface area contributed by atoms with Crippen molar-refractivity contribution in [1.29, 1.82) is 0 Å². The fourth-order valence-electron chi connectivity index (χ4n) is 1.83. The Morgan fingerprint density at radius 1 is 1.42 bits per heavy atom. The summed E-state index contributed by atoms with van der Waals surface area (Å²) in [6.45, 7) is 8.39. The van der Waals surface area contributed by atoms with Crippen LogP contribution in [0.25, 0.3) is 5.69 Å². The summed E-state index contributed by atoms with van der Waals surface area (Å²) in [5, 5.41) is 0. The van der Waals surface area contributed by atoms with Crippen molar-refractivity contribution in [1.82, 2.24) is 9.55 Å². The summed E-state index contributed by atoms with van der Waals surface area (Å²) in [7, 11) is 0. The molecule has 0 bridgehead atoms. The highest BCUT2D eigenvalue weighted by Gasteiger charge is 2.21. The number of anilines is 1. The van der Waals surface area contributed by atoms with E-state index in [1.807, 2.05) is 13.8 Å². The van der Waals surface area contributed by atoms with Gasteiger partial charge in [0.1, 0.15) is 5.69 Å². The van der Waals surface area contributed by atoms with Crippen LogP contribution in [0, 0.1) is 19.8 Å². The highest BCUT2D eigenvalue weighted by Crippen LogP contribution is 2.37. The van der Waals surface area contributed by atoms with Gasteiger partial charge in [-0.05, 0) is 31.9 Å². The van der Waals surface area contributed by atoms with Gasteiger partial charge < -0.3 is 5.73 Å². The van der Waals surface area contributed by atoms with Crippen LogP contribution in [-0.2, 0) is 0 Å². The van der Waals surface area contributed by atoms with E-state index in [9.17, 15) is 4.79 Å². The van der Waals surface area contributed by atoms with Crippen molar-refractivity contribution in [2.45, 2.75) is 38.3 Å². The maximum atomic E-state index is 11.9. The predicted octanol–water partition coefficient (Wildman–Crippen LogP) is 3.07. The first-order valence-electron chi connectivity index (χ1n) is 6.32. The number of aromatic nitrogens is 2. The first-order chi connectivity index (χ1) is 8.91. The summed E-state index contributed by atoms with van der Waals surface area (Å²) in [5.41, 5.74) is 7.33. The van der Waals surface area contributed by atoms with Gasteiger partial charge in [0, 0.05) is 10.6 Å². The minimum absolute atomic E-state index is 0.272. The van der Waals surface area contributed by atoms with E-state index in [1.54, 1.807) is 27.7 Å². The highest BCUT2D eigenvalue weighted by molar-refractivity contribution is 8.01. The quantitative estimate of drug-likeness (QED) is 0.881. The second-order valence-electron chi connectivity index (χ2n) is 5.03. The van der Waals surface area contributed by atoms with Crippen LogP contribution in [-0.4, -0.2) is 15.3 Å². The number of nitrogens with zero attached hydrogens (tertiary/aromatic N) is 2. The molecule has 4 nitrogen and oxygen atoms in total. The lowest BCUT2D eigenvalue weighted by Gasteiger charge is -2.14. The monoisotopic (exact) mass is 297 g/mol. The molecule has 2 N–H and O–H groups in total. The van der Waals surface area contributed by atoms with Gasteiger partial charge in [0.2, 0.25) is 0 Å². The fourth-order valence-corrected chi connectivity index (χ4v) is 4.60. The second-order valence-corrected chi connectivity index (χ2v) is 7.61. The molecule has 104 valence electrons. The Bertz CT molecular complexity index is 615. The van der Waals surface area contributed by atoms with E-state index in [2.05, 4.69) is 18.8 Å². The molecule has 0 aromatic carbocycles. The van der Waals surface area contributed by atoms with E-state index in [0.717, 1.165) is 32.6 Å². The lowest BCUT2D eigenvalue weighted by molar-refractivity contribution is 0.632. The molecule has 19 heavy (non-hydrogen) atoms. The van der Waals surface area contributed by atoms with Crippen LogP contribution in [0.2, 0.25) is 0 Å². The molecule has 0 aromatic heterocycles. The van der Waals surface area contributed by atoms with Gasteiger partial charge in [0.15, 0.2) is 5.82 Å². The third-order valence-corrected chi connectivity index (χ3v) is 5.57. The number of imidazole rings is 1. The summed E-state index contributed by atoms with van der Waals surface area (Å²) in [4.78, 5) is 16.9. The van der Waals surface area contributed by atoms with E-state index in [1.165, 1.54) is 0 Å². The van der Waals surface area contributed by atoms with Gasteiger partial charge in [0.25, 0.3) is 0 Å². The molecule has 2 aliphatic rings. The molecule has 2 aliphatic heterocycles. The molecule has 0 saturated carbocycles. The fraction of sp³-hybridized carbons (Fsp3) is 0.538. The normalized spacial score (nSPS) is 11.6. The van der Waals surface area contributed by atoms with Crippen molar-refractivity contribution >= 4 is 28.9 Å². The van der Waals surface area contributed by atoms with Crippen LogP contribution < -0.4 is 11.4 Å². The van der Waals surface area contributed by atoms with Crippen LogP contribution >= 0.6 is 23.1 Å². The number of hydrogen-bond acceptors (Lipinski definition) is 5. The van der Waals surface area contributed by atoms with Gasteiger partial charge in [-0.25, -0.2) is 4.79 Å². The van der Waals surface area contributed by atoms with Gasteiger partial charge in [-0.2, -0.15) is 4.98 Å². The number of aryl methyl sites for hydroxylation is 1. The molecule has 0 fully saturated rings. The number of rotatable bonds is 4. The number of thioether (sulfide) groups is 1. The summed E-state index contributed by atoms with van der Waals surface area (Å²) in [5.74, 6) is 2.05. The van der Waals surface area contributed by atoms with Crippen molar-refractivity contribution < 1.29 is 0 Å². The summed E-state index contributed by atoms with van der Waals surface area (Å²) in [6, 6.07) is 0. The first kappa shape index (κ1) is 14.4. The Hall–Kier alpha value is -1.01. The molecule has 0 spiro atoms. The molecular formula is C13H19N3OS2. The molecule has 0 radical (unpaired) electrons. The van der Waals surface area contributed by atoms with E-state index < -0.39 is 0 Å². The lowest BCUT2D eigenvalue weighted by Crippen LogP contribution is -2.17. The van der Waals surface area contributed by atoms with Crippen molar-refractivity contribution in [3.05, 3.63) is 21.1 Å². The third kappa shape index (κ3) is 2.79. The van der Waals surface area contributed by atoms with E-state index >= 15 is 0 Å². The van der Waals surface area contributed by atoms with Crippen molar-refractivity contribution in [2.75, 3.05) is 11.5 Å². The molecular weight excluding hydrogens is 278 g/mol. The van der Waals surface area contributed by atoms with Crippen molar-refractivity contribution in [3.63, 3.8) is 0 Å². The Labute approximate surface area is 121 Å². The van der Waals surface area contributed by atoms with E-state index in [-0.39, 0.29) is 5.69 Å². The standard InChI is InChI=1S/C13H19N3OS2/c1-7(2)5-6-18-12-10-11(14)15-13(17)16(10)8(3)9(4)19-12/h7H,5-6H2,1-4H3,(H2,14,15,17). The van der Waals surface area contributed by atoms with E-state index in [4.69, 9.17) is 5.73 Å². The van der Waals surface area contributed by atoms with Gasteiger partial charge >= 0.3 is 5.69 Å². The van der Waals surface area contributed by atoms with Crippen LogP contribution in [0.3, 0.4) is 0 Å². The first-order valence-corrected chi connectivity index (χ1v) is 8.13. The lowest BCUT2D eigenvalue weighted by atomic mass is 10.2. The van der Waals surface area contributed by atoms with Gasteiger partial charge in [-0.3, -0.25) is 4.57 Å². The van der Waals surface area contributed by atoms with Crippen LogP contribution in [0.5, 0.6) is 0 Å². The zero-order valence-corrected chi connectivity index (χ0v) is 13.3. The molecule has 0 atom stereocenters. The maximum absolute atomic E-state index is 11.9. The highest BCUT2D eigenvalue weighted by atomic mass is 32.2. The molecule has 6 heteroatoms. The Morgan fingerprint density at radius 3 is 2.74 bits per heavy atom. The van der Waals surface area contributed by atoms with Gasteiger partial charge in [-0.1, -0.05) is 13.8 Å². The van der Waals surface area contributed by atoms with Gasteiger partial charge in [0.05, 0.1) is 4.21 Å². The third-order valence-electron chi connectivity index (χ3n) is 3.09. The zero-order chi connectivity index (χ0) is 14.2. The number of fused-ring (bicyclic) bond motifs is 1. The van der Waals surface area contributed by atoms with E-state index in [0.29, 0.717) is 11.7 Å². The second kappa shape index (κ2) is 5.54. The Balaban J connectivity index is 2.43. The topological polar surface area (TPSA) is 60.9 Å². The smallest absolute Gasteiger partial charge is 0.354 e. The number of nitrogen functional groups attached to an aromatic ring is 1. The average molecular weight is 297 g/mol. The largest absolute Gasteiger partial charge is 0.382 e. The van der Waals surface area contributed by atoms with Crippen LogP contribution in [0.1, 0.15) is 30.8 Å². The van der Waals surface area contributed by atoms with Crippen LogP contribution in [0.15, 0.2) is 9.00 Å². The predicted molar refractivity (Wildman–Crippen MR) is 83.0 cm³/mol. The van der Waals surface area contributed by atoms with Gasteiger partial charge in [-0.15, -0.1) is 23.1 Å². The number of nitrogens with two attached hydrogens (primary N) is 1. The molecule has 0 unspecified atom stereocenters. The van der Waals surface area contributed by atoms with Crippen molar-refractivity contribution in [3.8, 4) is 5.69 Å². The SMILES string of the molecule is Cc1sc(SCCC(C)C)c2c(N)nc(=O)n-2c1C. The Kier molecular flexibility index (Phi) is 4.20. The molecule has 0 saturated heterocycles. The average Bonchev–Trinajstić information content (AvgIpc) is 2.60. The minimum Gasteiger partial charge on any atom is -0.382 e. The maximum Gasteiger partial charge on any atom is 0.354 e. The molecule has 0 amide bonds. The molecule has 0 aliphatic carbocycles. The summed E-state index contributed by atoms with van der Waals surface area (Å²) < 4.78 is 2.73. The summed E-state index contributed by atoms with van der Waals surface area (Å²) >= 11 is 3.46. The summed E-state index contributed by atoms with van der Waals surface area (Å²) in [6.07, 6.45) is 1.15. The minimum atomic E-state index is -0.272. The van der Waals surface area contributed by atoms with Crippen molar-refractivity contribution in [2.24, 2.45) is 5.92 Å².